The van der Waals surface area contributed by atoms with Crippen molar-refractivity contribution in [2.75, 3.05) is 18.4 Å². The number of nitrogens with one attached hydrogen (secondary N) is 2. The van der Waals surface area contributed by atoms with Crippen molar-refractivity contribution >= 4 is 28.6 Å². The summed E-state index contributed by atoms with van der Waals surface area (Å²) in [7, 11) is 0. The Morgan fingerprint density at radius 3 is 3.05 bits per heavy atom. The van der Waals surface area contributed by atoms with E-state index >= 15 is 0 Å². The van der Waals surface area contributed by atoms with Crippen LogP contribution in [0.5, 0.6) is 0 Å². The van der Waals surface area contributed by atoms with Crippen LogP contribution < -0.4 is 10.6 Å². The Kier molecular flexibility index (Phi) is 4.61. The Labute approximate surface area is 129 Å². The Bertz CT molecular complexity index is 580. The van der Waals surface area contributed by atoms with E-state index < -0.39 is 0 Å². The summed E-state index contributed by atoms with van der Waals surface area (Å²) in [6, 6.07) is 10.7. The van der Waals surface area contributed by atoms with Crippen molar-refractivity contribution in [2.45, 2.75) is 25.8 Å². The standard InChI is InChI=1S/C16H19ClN2S/c17-15-7-6-14(20-15)8-10-18-11-13-4-1-3-12-5-2-9-19-16(12)13/h1,3-4,6-7,18-19H,2,5,8-11H2. The molecule has 1 aromatic carbocycles. The van der Waals surface area contributed by atoms with Gasteiger partial charge in [0.1, 0.15) is 0 Å². The molecular weight excluding hydrogens is 288 g/mol. The normalized spacial score (nSPS) is 13.8. The maximum atomic E-state index is 5.94. The molecule has 0 atom stereocenters. The van der Waals surface area contributed by atoms with Crippen LogP contribution in [-0.4, -0.2) is 13.1 Å². The molecule has 106 valence electrons. The van der Waals surface area contributed by atoms with Crippen molar-refractivity contribution in [1.29, 1.82) is 0 Å². The number of aryl methyl sites for hydroxylation is 1. The molecule has 4 heteroatoms. The van der Waals surface area contributed by atoms with Crippen molar-refractivity contribution in [1.82, 2.24) is 5.32 Å². The van der Waals surface area contributed by atoms with Crippen LogP contribution in [0, 0.1) is 0 Å². The molecule has 3 rings (SSSR count). The van der Waals surface area contributed by atoms with Gasteiger partial charge in [0, 0.05) is 30.2 Å². The van der Waals surface area contributed by atoms with Crippen LogP contribution in [0.4, 0.5) is 5.69 Å². The summed E-state index contributed by atoms with van der Waals surface area (Å²) in [6.45, 7) is 3.01. The molecule has 0 saturated carbocycles. The van der Waals surface area contributed by atoms with Crippen LogP contribution in [0.3, 0.4) is 0 Å². The van der Waals surface area contributed by atoms with Gasteiger partial charge >= 0.3 is 0 Å². The number of para-hydroxylation sites is 1. The Morgan fingerprint density at radius 1 is 1.25 bits per heavy atom. The third kappa shape index (κ3) is 3.35. The number of rotatable bonds is 5. The molecule has 0 unspecified atom stereocenters. The topological polar surface area (TPSA) is 24.1 Å². The average Bonchev–Trinajstić information content (AvgIpc) is 2.89. The Hall–Kier alpha value is -1.03. The van der Waals surface area contributed by atoms with E-state index in [1.54, 1.807) is 11.3 Å². The second kappa shape index (κ2) is 6.61. The third-order valence-electron chi connectivity index (χ3n) is 3.65. The number of benzene rings is 1. The number of halogens is 1. The van der Waals surface area contributed by atoms with Gasteiger partial charge in [0.05, 0.1) is 4.34 Å². The first-order valence-electron chi connectivity index (χ1n) is 7.12. The average molecular weight is 307 g/mol. The van der Waals surface area contributed by atoms with Crippen LogP contribution >= 0.6 is 22.9 Å². The van der Waals surface area contributed by atoms with E-state index in [2.05, 4.69) is 34.9 Å². The molecule has 0 amide bonds. The molecule has 2 N–H and O–H groups in total. The molecule has 0 saturated heterocycles. The SMILES string of the molecule is Clc1ccc(CCNCc2cccc3c2NCCC3)s1. The zero-order valence-electron chi connectivity index (χ0n) is 11.4. The van der Waals surface area contributed by atoms with E-state index in [9.17, 15) is 0 Å². The lowest BCUT2D eigenvalue weighted by Crippen LogP contribution is -2.20. The second-order valence-corrected chi connectivity index (χ2v) is 6.91. The minimum atomic E-state index is 0.876. The molecule has 1 aliphatic rings. The lowest BCUT2D eigenvalue weighted by molar-refractivity contribution is 0.688. The molecule has 2 heterocycles. The van der Waals surface area contributed by atoms with Gasteiger partial charge in [-0.3, -0.25) is 0 Å². The number of hydrogen-bond acceptors (Lipinski definition) is 3. The summed E-state index contributed by atoms with van der Waals surface area (Å²) in [5.41, 5.74) is 4.19. The fraction of sp³-hybridized carbons (Fsp3) is 0.375. The van der Waals surface area contributed by atoms with Crippen LogP contribution in [0.15, 0.2) is 30.3 Å². The molecule has 1 aromatic heterocycles. The molecule has 2 nitrogen and oxygen atoms in total. The highest BCUT2D eigenvalue weighted by Gasteiger charge is 2.11. The van der Waals surface area contributed by atoms with Gasteiger partial charge in [-0.25, -0.2) is 0 Å². The van der Waals surface area contributed by atoms with E-state index in [0.29, 0.717) is 0 Å². The zero-order chi connectivity index (χ0) is 13.8. The monoisotopic (exact) mass is 306 g/mol. The van der Waals surface area contributed by atoms with Crippen LogP contribution in [0.1, 0.15) is 22.4 Å². The first kappa shape index (κ1) is 13.9. The molecule has 0 fully saturated rings. The van der Waals surface area contributed by atoms with Crippen molar-refractivity contribution in [2.24, 2.45) is 0 Å². The van der Waals surface area contributed by atoms with E-state index in [0.717, 1.165) is 30.4 Å². The van der Waals surface area contributed by atoms with Crippen molar-refractivity contribution < 1.29 is 0 Å². The summed E-state index contributed by atoms with van der Waals surface area (Å²) in [5.74, 6) is 0. The van der Waals surface area contributed by atoms with E-state index in [-0.39, 0.29) is 0 Å². The van der Waals surface area contributed by atoms with Gasteiger partial charge in [-0.15, -0.1) is 11.3 Å². The summed E-state index contributed by atoms with van der Waals surface area (Å²) >= 11 is 7.61. The smallest absolute Gasteiger partial charge is 0.0931 e. The highest BCUT2D eigenvalue weighted by Crippen LogP contribution is 2.26. The first-order valence-corrected chi connectivity index (χ1v) is 8.32. The molecule has 0 spiro atoms. The number of hydrogen-bond donors (Lipinski definition) is 2. The molecule has 0 aliphatic carbocycles. The minimum Gasteiger partial charge on any atom is -0.385 e. The Morgan fingerprint density at radius 2 is 2.20 bits per heavy atom. The summed E-state index contributed by atoms with van der Waals surface area (Å²) in [6.07, 6.45) is 3.48. The molecular formula is C16H19ClN2S. The van der Waals surface area contributed by atoms with Crippen LogP contribution in [0.2, 0.25) is 4.34 Å². The van der Waals surface area contributed by atoms with Gasteiger partial charge in [0.2, 0.25) is 0 Å². The predicted molar refractivity (Wildman–Crippen MR) is 88.0 cm³/mol. The molecule has 1 aliphatic heterocycles. The lowest BCUT2D eigenvalue weighted by atomic mass is 9.99. The predicted octanol–water partition coefficient (Wildman–Crippen LogP) is 4.09. The van der Waals surface area contributed by atoms with Gasteiger partial charge in [-0.05, 0) is 42.5 Å². The fourth-order valence-corrected chi connectivity index (χ4v) is 3.74. The highest BCUT2D eigenvalue weighted by molar-refractivity contribution is 7.16. The quantitative estimate of drug-likeness (QED) is 0.813. The summed E-state index contributed by atoms with van der Waals surface area (Å²) in [5, 5.41) is 7.07. The lowest BCUT2D eigenvalue weighted by Gasteiger charge is -2.21. The molecule has 20 heavy (non-hydrogen) atoms. The molecule has 2 aromatic rings. The zero-order valence-corrected chi connectivity index (χ0v) is 13.0. The fourth-order valence-electron chi connectivity index (χ4n) is 2.65. The van der Waals surface area contributed by atoms with Gasteiger partial charge in [-0.1, -0.05) is 29.8 Å². The largest absolute Gasteiger partial charge is 0.385 e. The number of fused-ring (bicyclic) bond motifs is 1. The first-order chi connectivity index (χ1) is 9.83. The van der Waals surface area contributed by atoms with Crippen LogP contribution in [-0.2, 0) is 19.4 Å². The highest BCUT2D eigenvalue weighted by atomic mass is 35.5. The van der Waals surface area contributed by atoms with E-state index in [1.807, 2.05) is 6.07 Å². The van der Waals surface area contributed by atoms with Gasteiger partial charge in [-0.2, -0.15) is 0 Å². The summed E-state index contributed by atoms with van der Waals surface area (Å²) < 4.78 is 0.876. The van der Waals surface area contributed by atoms with Crippen LogP contribution in [0.25, 0.3) is 0 Å². The molecule has 0 bridgehead atoms. The maximum absolute atomic E-state index is 5.94. The Balaban J connectivity index is 1.53. The van der Waals surface area contributed by atoms with Crippen molar-refractivity contribution in [3.05, 3.63) is 50.7 Å². The summed E-state index contributed by atoms with van der Waals surface area (Å²) in [4.78, 5) is 1.34. The van der Waals surface area contributed by atoms with Gasteiger partial charge in [0.15, 0.2) is 0 Å². The van der Waals surface area contributed by atoms with Crippen molar-refractivity contribution in [3.8, 4) is 0 Å². The van der Waals surface area contributed by atoms with E-state index in [4.69, 9.17) is 11.6 Å². The van der Waals surface area contributed by atoms with Gasteiger partial charge < -0.3 is 10.6 Å². The second-order valence-electron chi connectivity index (χ2n) is 5.11. The molecule has 0 radical (unpaired) electrons. The maximum Gasteiger partial charge on any atom is 0.0931 e. The van der Waals surface area contributed by atoms with Crippen molar-refractivity contribution in [3.63, 3.8) is 0 Å². The minimum absolute atomic E-state index is 0.876. The third-order valence-corrected chi connectivity index (χ3v) is 4.95. The van der Waals surface area contributed by atoms with Gasteiger partial charge in [0.25, 0.3) is 0 Å². The van der Waals surface area contributed by atoms with E-state index in [1.165, 1.54) is 34.5 Å². The number of thiophene rings is 1. The number of anilines is 1.